The molecule has 0 saturated carbocycles. The Kier molecular flexibility index (Phi) is 4.92. The smallest absolute Gasteiger partial charge is 0.403 e. The molecule has 1 aliphatic rings. The first kappa shape index (κ1) is 18.7. The standard InChI is InChI=1S/C23H27BO2S/c1-22(2)23(3,4)26-24(25-22)14-12-20(17-8-6-5-7-9-17)18-10-11-21-19(16-18)13-15-27-21/h5-11,13,15-16,20H,12,14H2,1-4H3. The highest BCUT2D eigenvalue weighted by atomic mass is 32.1. The summed E-state index contributed by atoms with van der Waals surface area (Å²) in [5.41, 5.74) is 2.18. The number of hydrogen-bond donors (Lipinski definition) is 0. The highest BCUT2D eigenvalue weighted by molar-refractivity contribution is 7.17. The van der Waals surface area contributed by atoms with E-state index in [1.807, 2.05) is 0 Å². The van der Waals surface area contributed by atoms with Crippen LogP contribution in [-0.4, -0.2) is 18.3 Å². The second kappa shape index (κ2) is 7.08. The Morgan fingerprint density at radius 1 is 0.889 bits per heavy atom. The van der Waals surface area contributed by atoms with Crippen molar-refractivity contribution in [2.45, 2.75) is 57.6 Å². The van der Waals surface area contributed by atoms with Crippen molar-refractivity contribution in [1.82, 2.24) is 0 Å². The van der Waals surface area contributed by atoms with Gasteiger partial charge in [-0.05, 0) is 80.5 Å². The molecule has 4 rings (SSSR count). The van der Waals surface area contributed by atoms with E-state index in [-0.39, 0.29) is 18.3 Å². The molecule has 2 heterocycles. The second-order valence-electron chi connectivity index (χ2n) is 8.44. The SMILES string of the molecule is CC1(C)OB(CCC(c2ccccc2)c2ccc3sccc3c2)OC1(C)C. The van der Waals surface area contributed by atoms with Gasteiger partial charge < -0.3 is 9.31 Å². The molecule has 1 saturated heterocycles. The molecule has 4 heteroatoms. The Balaban J connectivity index is 1.58. The summed E-state index contributed by atoms with van der Waals surface area (Å²) in [6.07, 6.45) is 1.88. The summed E-state index contributed by atoms with van der Waals surface area (Å²) in [5, 5.41) is 3.49. The van der Waals surface area contributed by atoms with Crippen LogP contribution in [0.4, 0.5) is 0 Å². The number of thiophene rings is 1. The van der Waals surface area contributed by atoms with Crippen molar-refractivity contribution in [1.29, 1.82) is 0 Å². The molecule has 1 aromatic heterocycles. The lowest BCUT2D eigenvalue weighted by Gasteiger charge is -2.32. The molecule has 27 heavy (non-hydrogen) atoms. The average Bonchev–Trinajstić information content (AvgIpc) is 3.17. The summed E-state index contributed by atoms with van der Waals surface area (Å²) >= 11 is 1.80. The minimum Gasteiger partial charge on any atom is -0.403 e. The van der Waals surface area contributed by atoms with Crippen molar-refractivity contribution in [2.24, 2.45) is 0 Å². The van der Waals surface area contributed by atoms with Gasteiger partial charge >= 0.3 is 7.12 Å². The Hall–Kier alpha value is -1.62. The molecule has 0 amide bonds. The topological polar surface area (TPSA) is 18.5 Å². The van der Waals surface area contributed by atoms with E-state index in [4.69, 9.17) is 9.31 Å². The zero-order chi connectivity index (χ0) is 19.1. The van der Waals surface area contributed by atoms with Gasteiger partial charge in [-0.25, -0.2) is 0 Å². The van der Waals surface area contributed by atoms with Gasteiger partial charge in [0.25, 0.3) is 0 Å². The minimum atomic E-state index is -0.268. The van der Waals surface area contributed by atoms with Crippen LogP contribution in [0.5, 0.6) is 0 Å². The summed E-state index contributed by atoms with van der Waals surface area (Å²) < 4.78 is 13.8. The van der Waals surface area contributed by atoms with Gasteiger partial charge in [0.15, 0.2) is 0 Å². The van der Waals surface area contributed by atoms with E-state index in [1.165, 1.54) is 21.2 Å². The average molecular weight is 378 g/mol. The predicted molar refractivity (Wildman–Crippen MR) is 116 cm³/mol. The Morgan fingerprint density at radius 3 is 2.30 bits per heavy atom. The molecule has 0 spiro atoms. The van der Waals surface area contributed by atoms with Gasteiger partial charge in [-0.3, -0.25) is 0 Å². The molecular formula is C23H27BO2S. The van der Waals surface area contributed by atoms with E-state index in [9.17, 15) is 0 Å². The maximum absolute atomic E-state index is 6.22. The van der Waals surface area contributed by atoms with Crippen molar-refractivity contribution in [3.63, 3.8) is 0 Å². The molecule has 2 nitrogen and oxygen atoms in total. The maximum atomic E-state index is 6.22. The van der Waals surface area contributed by atoms with E-state index >= 15 is 0 Å². The number of hydrogen-bond acceptors (Lipinski definition) is 3. The van der Waals surface area contributed by atoms with Crippen LogP contribution in [0, 0.1) is 0 Å². The van der Waals surface area contributed by atoms with Crippen LogP contribution in [-0.2, 0) is 9.31 Å². The normalized spacial score (nSPS) is 19.5. The van der Waals surface area contributed by atoms with Crippen molar-refractivity contribution >= 4 is 28.5 Å². The van der Waals surface area contributed by atoms with Crippen molar-refractivity contribution in [2.75, 3.05) is 0 Å². The van der Waals surface area contributed by atoms with Crippen LogP contribution in [0.15, 0.2) is 60.0 Å². The van der Waals surface area contributed by atoms with E-state index in [0.29, 0.717) is 5.92 Å². The summed E-state index contributed by atoms with van der Waals surface area (Å²) in [7, 11) is -0.147. The molecule has 1 atom stereocenters. The quantitative estimate of drug-likeness (QED) is 0.471. The number of benzene rings is 2. The molecule has 140 valence electrons. The first-order valence-corrected chi connectivity index (χ1v) is 10.6. The predicted octanol–water partition coefficient (Wildman–Crippen LogP) is 6.52. The van der Waals surface area contributed by atoms with Crippen molar-refractivity contribution in [3.8, 4) is 0 Å². The molecule has 3 aromatic rings. The summed E-state index contributed by atoms with van der Waals surface area (Å²) in [5.74, 6) is 0.342. The molecular weight excluding hydrogens is 351 g/mol. The summed E-state index contributed by atoms with van der Waals surface area (Å²) in [6.45, 7) is 8.47. The summed E-state index contributed by atoms with van der Waals surface area (Å²) in [6, 6.07) is 19.9. The Morgan fingerprint density at radius 2 is 1.59 bits per heavy atom. The van der Waals surface area contributed by atoms with Crippen LogP contribution in [0.1, 0.15) is 51.2 Å². The molecule has 0 bridgehead atoms. The maximum Gasteiger partial charge on any atom is 0.457 e. The van der Waals surface area contributed by atoms with Gasteiger partial charge in [-0.1, -0.05) is 36.4 Å². The third-order valence-corrected chi connectivity index (χ3v) is 6.97. The van der Waals surface area contributed by atoms with Crippen LogP contribution in [0.2, 0.25) is 6.32 Å². The lowest BCUT2D eigenvalue weighted by molar-refractivity contribution is 0.00578. The third kappa shape index (κ3) is 3.71. The van der Waals surface area contributed by atoms with Crippen LogP contribution in [0.3, 0.4) is 0 Å². The molecule has 0 radical (unpaired) electrons. The Labute approximate surface area is 166 Å². The fourth-order valence-corrected chi connectivity index (χ4v) is 4.57. The first-order valence-electron chi connectivity index (χ1n) is 9.73. The van der Waals surface area contributed by atoms with E-state index in [2.05, 4.69) is 87.7 Å². The zero-order valence-corrected chi connectivity index (χ0v) is 17.4. The van der Waals surface area contributed by atoms with E-state index in [0.717, 1.165) is 12.7 Å². The summed E-state index contributed by atoms with van der Waals surface area (Å²) in [4.78, 5) is 0. The highest BCUT2D eigenvalue weighted by Crippen LogP contribution is 2.40. The van der Waals surface area contributed by atoms with Gasteiger partial charge in [0.05, 0.1) is 11.2 Å². The van der Waals surface area contributed by atoms with Crippen molar-refractivity contribution < 1.29 is 9.31 Å². The molecule has 2 aromatic carbocycles. The number of fused-ring (bicyclic) bond motifs is 1. The largest absolute Gasteiger partial charge is 0.457 e. The minimum absolute atomic E-state index is 0.147. The second-order valence-corrected chi connectivity index (χ2v) is 9.39. The third-order valence-electron chi connectivity index (χ3n) is 6.07. The lowest BCUT2D eigenvalue weighted by Crippen LogP contribution is -2.41. The van der Waals surface area contributed by atoms with Gasteiger partial charge in [0, 0.05) is 10.6 Å². The fraction of sp³-hybridized carbons (Fsp3) is 0.391. The van der Waals surface area contributed by atoms with Crippen molar-refractivity contribution in [3.05, 3.63) is 71.1 Å². The van der Waals surface area contributed by atoms with E-state index in [1.54, 1.807) is 11.3 Å². The Bertz CT molecular complexity index is 900. The zero-order valence-electron chi connectivity index (χ0n) is 16.6. The van der Waals surface area contributed by atoms with Gasteiger partial charge in [0.2, 0.25) is 0 Å². The fourth-order valence-electron chi connectivity index (χ4n) is 3.80. The highest BCUT2D eigenvalue weighted by Gasteiger charge is 2.50. The van der Waals surface area contributed by atoms with Crippen LogP contribution >= 0.6 is 11.3 Å². The molecule has 1 aliphatic heterocycles. The molecule has 0 aliphatic carbocycles. The molecule has 1 unspecified atom stereocenters. The first-order chi connectivity index (χ1) is 12.9. The molecule has 1 fully saturated rings. The van der Waals surface area contributed by atoms with Crippen LogP contribution in [0.25, 0.3) is 10.1 Å². The molecule has 0 N–H and O–H groups in total. The number of rotatable bonds is 5. The van der Waals surface area contributed by atoms with Gasteiger partial charge in [-0.15, -0.1) is 11.3 Å². The lowest BCUT2D eigenvalue weighted by atomic mass is 9.76. The van der Waals surface area contributed by atoms with Gasteiger partial charge in [0.1, 0.15) is 0 Å². The van der Waals surface area contributed by atoms with Gasteiger partial charge in [-0.2, -0.15) is 0 Å². The van der Waals surface area contributed by atoms with E-state index < -0.39 is 0 Å². The van der Waals surface area contributed by atoms with Crippen LogP contribution < -0.4 is 0 Å². The monoisotopic (exact) mass is 378 g/mol.